The molecule has 0 atom stereocenters. The Labute approximate surface area is 119 Å². The van der Waals surface area contributed by atoms with E-state index in [-0.39, 0.29) is 18.0 Å². The lowest BCUT2D eigenvalue weighted by Gasteiger charge is -2.25. The van der Waals surface area contributed by atoms with E-state index in [4.69, 9.17) is 25.4 Å². The molecular weight excluding hydrogens is 315 g/mol. The first-order valence-electron chi connectivity index (χ1n) is 5.60. The van der Waals surface area contributed by atoms with Crippen LogP contribution in [-0.2, 0) is 31.0 Å². The maximum absolute atomic E-state index is 10.6. The van der Waals surface area contributed by atoms with Gasteiger partial charge in [-0.2, -0.15) is 8.42 Å². The van der Waals surface area contributed by atoms with E-state index < -0.39 is 15.8 Å². The molecule has 0 radical (unpaired) electrons. The number of hydrogen-bond acceptors (Lipinski definition) is 6. The Bertz CT molecular complexity index is 366. The van der Waals surface area contributed by atoms with Gasteiger partial charge in [0, 0.05) is 5.75 Å². The SMILES string of the molecule is CC(C)OP(=S)(OC(C)C)SCCCS(=O)(=O)O. The lowest BCUT2D eigenvalue weighted by Crippen LogP contribution is -2.07. The topological polar surface area (TPSA) is 72.8 Å². The first kappa shape index (κ1) is 18.8. The third kappa shape index (κ3) is 10.7. The average molecular weight is 336 g/mol. The van der Waals surface area contributed by atoms with Gasteiger partial charge >= 0.3 is 0 Å². The molecule has 0 aliphatic rings. The summed E-state index contributed by atoms with van der Waals surface area (Å²) in [5, 5.41) is 0. The minimum atomic E-state index is -3.90. The van der Waals surface area contributed by atoms with Crippen molar-refractivity contribution >= 4 is 39.0 Å². The molecule has 9 heteroatoms. The molecule has 0 aromatic rings. The summed E-state index contributed by atoms with van der Waals surface area (Å²) < 4.78 is 41.0. The second-order valence-corrected chi connectivity index (χ2v) is 12.1. The van der Waals surface area contributed by atoms with E-state index in [0.717, 1.165) is 0 Å². The molecule has 0 fully saturated rings. The fourth-order valence-corrected chi connectivity index (χ4v) is 7.57. The van der Waals surface area contributed by atoms with Crippen molar-refractivity contribution in [3.63, 3.8) is 0 Å². The molecule has 0 spiro atoms. The first-order valence-corrected chi connectivity index (χ1v) is 11.4. The zero-order valence-corrected chi connectivity index (χ0v) is 14.4. The highest BCUT2D eigenvalue weighted by molar-refractivity contribution is 8.67. The van der Waals surface area contributed by atoms with Gasteiger partial charge in [0.25, 0.3) is 10.1 Å². The standard InChI is InChI=1S/C9H21O5PS3/c1-8(2)13-15(16,14-9(3)4)17-6-5-7-18(10,11)12/h8-9H,5-7H2,1-4H3,(H,10,11,12). The molecule has 0 rings (SSSR count). The molecule has 0 bridgehead atoms. The van der Waals surface area contributed by atoms with Gasteiger partial charge in [-0.05, 0) is 45.9 Å². The Kier molecular flexibility index (Phi) is 8.57. The molecule has 0 heterocycles. The first-order chi connectivity index (χ1) is 8.04. The summed E-state index contributed by atoms with van der Waals surface area (Å²) in [5.74, 6) is 0.217. The van der Waals surface area contributed by atoms with Crippen molar-refractivity contribution in [1.82, 2.24) is 0 Å². The van der Waals surface area contributed by atoms with Crippen LogP contribution >= 0.6 is 17.1 Å². The average Bonchev–Trinajstić information content (AvgIpc) is 2.08. The van der Waals surface area contributed by atoms with Crippen LogP contribution in [0, 0.1) is 0 Å². The second kappa shape index (κ2) is 8.19. The van der Waals surface area contributed by atoms with Crippen molar-refractivity contribution in [2.45, 2.75) is 46.3 Å². The van der Waals surface area contributed by atoms with E-state index in [2.05, 4.69) is 0 Å². The van der Waals surface area contributed by atoms with Crippen LogP contribution in [-0.4, -0.2) is 36.7 Å². The zero-order chi connectivity index (χ0) is 14.4. The maximum Gasteiger partial charge on any atom is 0.264 e. The molecule has 0 aliphatic carbocycles. The quantitative estimate of drug-likeness (QED) is 0.394. The molecule has 18 heavy (non-hydrogen) atoms. The van der Waals surface area contributed by atoms with Crippen LogP contribution in [0.4, 0.5) is 0 Å². The lowest BCUT2D eigenvalue weighted by molar-refractivity contribution is 0.186. The molecule has 0 aromatic heterocycles. The molecule has 1 N–H and O–H groups in total. The lowest BCUT2D eigenvalue weighted by atomic mass is 10.5. The predicted molar refractivity (Wildman–Crippen MR) is 80.2 cm³/mol. The summed E-state index contributed by atoms with van der Waals surface area (Å²) in [5.41, 5.74) is -2.44. The van der Waals surface area contributed by atoms with Gasteiger partial charge in [0.2, 0.25) is 5.69 Å². The summed E-state index contributed by atoms with van der Waals surface area (Å²) in [6.45, 7) is 7.51. The minimum Gasteiger partial charge on any atom is -0.319 e. The van der Waals surface area contributed by atoms with Crippen molar-refractivity contribution in [2.24, 2.45) is 0 Å². The van der Waals surface area contributed by atoms with E-state index in [1.165, 1.54) is 11.4 Å². The second-order valence-electron chi connectivity index (χ2n) is 4.23. The zero-order valence-electron chi connectivity index (χ0n) is 11.0. The number of hydrogen-bond donors (Lipinski definition) is 1. The van der Waals surface area contributed by atoms with E-state index in [1.807, 2.05) is 27.7 Å². The van der Waals surface area contributed by atoms with Crippen LogP contribution in [0.15, 0.2) is 0 Å². The van der Waals surface area contributed by atoms with Crippen LogP contribution in [0.1, 0.15) is 34.1 Å². The predicted octanol–water partition coefficient (Wildman–Crippen LogP) is 3.07. The summed E-state index contributed by atoms with van der Waals surface area (Å²) in [7, 11) is -3.90. The van der Waals surface area contributed by atoms with Crippen LogP contribution in [0.2, 0.25) is 0 Å². The monoisotopic (exact) mass is 336 g/mol. The van der Waals surface area contributed by atoms with Crippen molar-refractivity contribution in [2.75, 3.05) is 11.5 Å². The van der Waals surface area contributed by atoms with E-state index in [9.17, 15) is 8.42 Å². The summed E-state index contributed by atoms with van der Waals surface area (Å²) in [6.07, 6.45) is 0.248. The molecule has 0 saturated carbocycles. The molecular formula is C9H21O5PS3. The fraction of sp³-hybridized carbons (Fsp3) is 1.00. The highest BCUT2D eigenvalue weighted by Gasteiger charge is 2.23. The molecule has 0 amide bonds. The Hall–Kier alpha value is 0.830. The van der Waals surface area contributed by atoms with Gasteiger partial charge in [0.15, 0.2) is 0 Å². The Morgan fingerprint density at radius 3 is 2.00 bits per heavy atom. The van der Waals surface area contributed by atoms with Gasteiger partial charge in [-0.1, -0.05) is 11.4 Å². The summed E-state index contributed by atoms with van der Waals surface area (Å²) >= 11 is 6.71. The maximum atomic E-state index is 10.6. The Morgan fingerprint density at radius 1 is 1.22 bits per heavy atom. The summed E-state index contributed by atoms with van der Waals surface area (Å²) in [4.78, 5) is 0. The Morgan fingerprint density at radius 2 is 1.67 bits per heavy atom. The van der Waals surface area contributed by atoms with Crippen LogP contribution < -0.4 is 0 Å². The molecule has 0 aromatic carbocycles. The van der Waals surface area contributed by atoms with Gasteiger partial charge in [0.1, 0.15) is 0 Å². The Balaban J connectivity index is 4.30. The third-order valence-corrected chi connectivity index (χ3v) is 7.91. The van der Waals surface area contributed by atoms with Crippen LogP contribution in [0.25, 0.3) is 0 Å². The van der Waals surface area contributed by atoms with Gasteiger partial charge in [-0.3, -0.25) is 4.55 Å². The van der Waals surface area contributed by atoms with Crippen molar-refractivity contribution in [3.05, 3.63) is 0 Å². The van der Waals surface area contributed by atoms with E-state index in [1.54, 1.807) is 0 Å². The van der Waals surface area contributed by atoms with E-state index in [0.29, 0.717) is 12.2 Å². The van der Waals surface area contributed by atoms with Crippen LogP contribution in [0.3, 0.4) is 0 Å². The summed E-state index contributed by atoms with van der Waals surface area (Å²) in [6, 6.07) is 0. The highest BCUT2D eigenvalue weighted by Crippen LogP contribution is 2.62. The smallest absolute Gasteiger partial charge is 0.264 e. The molecule has 110 valence electrons. The molecule has 0 saturated heterocycles. The fourth-order valence-electron chi connectivity index (χ4n) is 1.02. The van der Waals surface area contributed by atoms with Crippen molar-refractivity contribution in [3.8, 4) is 0 Å². The van der Waals surface area contributed by atoms with Crippen LogP contribution in [0.5, 0.6) is 0 Å². The van der Waals surface area contributed by atoms with Gasteiger partial charge in [-0.15, -0.1) is 0 Å². The van der Waals surface area contributed by atoms with Crippen molar-refractivity contribution < 1.29 is 22.0 Å². The molecule has 0 aliphatic heterocycles. The van der Waals surface area contributed by atoms with E-state index >= 15 is 0 Å². The highest BCUT2D eigenvalue weighted by atomic mass is 32.9. The van der Waals surface area contributed by atoms with Gasteiger partial charge < -0.3 is 9.05 Å². The minimum absolute atomic E-state index is 0.0383. The van der Waals surface area contributed by atoms with Gasteiger partial charge in [0.05, 0.1) is 18.0 Å². The molecule has 5 nitrogen and oxygen atoms in total. The molecule has 0 unspecified atom stereocenters. The normalized spacial score (nSPS) is 13.5. The number of rotatable bonds is 9. The van der Waals surface area contributed by atoms with Gasteiger partial charge in [-0.25, -0.2) is 0 Å². The largest absolute Gasteiger partial charge is 0.319 e. The van der Waals surface area contributed by atoms with Crippen molar-refractivity contribution in [1.29, 1.82) is 0 Å². The third-order valence-electron chi connectivity index (χ3n) is 1.48.